The molecule has 0 aromatic rings. The van der Waals surface area contributed by atoms with Gasteiger partial charge in [0, 0.05) is 0 Å². The van der Waals surface area contributed by atoms with Gasteiger partial charge < -0.3 is 20.4 Å². The Morgan fingerprint density at radius 2 is 1.83 bits per heavy atom. The lowest BCUT2D eigenvalue weighted by atomic mass is 10.0. The number of rotatable bonds is 4. The van der Waals surface area contributed by atoms with Gasteiger partial charge in [0.15, 0.2) is 6.29 Å². The second-order valence-electron chi connectivity index (χ2n) is 2.52. The van der Waals surface area contributed by atoms with Crippen molar-refractivity contribution >= 4 is 6.29 Å². The minimum Gasteiger partial charge on any atom is -0.391 e. The molecule has 4 atom stereocenters. The molecular formula is C6H11FO5. The number of halogens is 1. The van der Waals surface area contributed by atoms with Gasteiger partial charge in [0.05, 0.1) is 6.10 Å². The predicted molar refractivity (Wildman–Crippen MR) is 35.8 cm³/mol. The van der Waals surface area contributed by atoms with Crippen molar-refractivity contribution in [2.75, 3.05) is 0 Å². The third kappa shape index (κ3) is 2.49. The second kappa shape index (κ2) is 3.90. The first kappa shape index (κ1) is 11.4. The summed E-state index contributed by atoms with van der Waals surface area (Å²) in [6, 6.07) is 0. The molecular weight excluding hydrogens is 171 g/mol. The molecule has 0 heterocycles. The van der Waals surface area contributed by atoms with E-state index in [0.717, 1.165) is 6.92 Å². The molecule has 0 aliphatic carbocycles. The fraction of sp³-hybridized carbons (Fsp3) is 0.833. The summed E-state index contributed by atoms with van der Waals surface area (Å²) < 4.78 is 12.5. The number of hydrogen-bond donors (Lipinski definition) is 4. The molecule has 12 heavy (non-hydrogen) atoms. The first-order valence-electron chi connectivity index (χ1n) is 3.24. The molecule has 0 aromatic heterocycles. The molecule has 0 aliphatic rings. The molecule has 0 rings (SSSR count). The van der Waals surface area contributed by atoms with Gasteiger partial charge in [-0.1, -0.05) is 0 Å². The maximum absolute atomic E-state index is 12.5. The minimum atomic E-state index is -3.53. The van der Waals surface area contributed by atoms with Crippen molar-refractivity contribution in [2.45, 2.75) is 31.1 Å². The molecule has 0 saturated heterocycles. The lowest BCUT2D eigenvalue weighted by Gasteiger charge is -2.25. The summed E-state index contributed by atoms with van der Waals surface area (Å²) in [5.41, 5.74) is 0. The number of aliphatic hydroxyl groups is 4. The highest BCUT2D eigenvalue weighted by molar-refractivity contribution is 5.60. The fourth-order valence-electron chi connectivity index (χ4n) is 0.573. The molecule has 0 radical (unpaired) electrons. The summed E-state index contributed by atoms with van der Waals surface area (Å²) in [6.07, 6.45) is -6.26. The van der Waals surface area contributed by atoms with Gasteiger partial charge in [-0.15, -0.1) is 0 Å². The van der Waals surface area contributed by atoms with E-state index in [9.17, 15) is 9.18 Å². The van der Waals surface area contributed by atoms with Crippen LogP contribution in [0.15, 0.2) is 0 Å². The Labute approximate surface area is 68.1 Å². The van der Waals surface area contributed by atoms with Crippen molar-refractivity contribution in [2.24, 2.45) is 0 Å². The van der Waals surface area contributed by atoms with E-state index in [0.29, 0.717) is 0 Å². The van der Waals surface area contributed by atoms with Crippen molar-refractivity contribution in [1.82, 2.24) is 0 Å². The van der Waals surface area contributed by atoms with Crippen LogP contribution in [0.1, 0.15) is 6.92 Å². The van der Waals surface area contributed by atoms with E-state index in [1.54, 1.807) is 0 Å². The number of alkyl halides is 1. The fourth-order valence-corrected chi connectivity index (χ4v) is 0.573. The van der Waals surface area contributed by atoms with Crippen LogP contribution < -0.4 is 0 Å². The van der Waals surface area contributed by atoms with Crippen LogP contribution in [0.3, 0.4) is 0 Å². The van der Waals surface area contributed by atoms with Gasteiger partial charge in [0.1, 0.15) is 12.2 Å². The van der Waals surface area contributed by atoms with Gasteiger partial charge in [0.2, 0.25) is 0 Å². The lowest BCUT2D eigenvalue weighted by molar-refractivity contribution is -0.201. The summed E-state index contributed by atoms with van der Waals surface area (Å²) in [7, 11) is 0. The van der Waals surface area contributed by atoms with Crippen LogP contribution in [0.4, 0.5) is 4.39 Å². The van der Waals surface area contributed by atoms with E-state index >= 15 is 0 Å². The summed E-state index contributed by atoms with van der Waals surface area (Å²) >= 11 is 0. The summed E-state index contributed by atoms with van der Waals surface area (Å²) in [6.45, 7) is 1.08. The van der Waals surface area contributed by atoms with Crippen molar-refractivity contribution in [3.05, 3.63) is 0 Å². The van der Waals surface area contributed by atoms with Gasteiger partial charge >= 0.3 is 0 Å². The first-order chi connectivity index (χ1) is 5.33. The van der Waals surface area contributed by atoms with Crippen molar-refractivity contribution in [1.29, 1.82) is 0 Å². The van der Waals surface area contributed by atoms with Crippen LogP contribution >= 0.6 is 0 Å². The van der Waals surface area contributed by atoms with Crippen molar-refractivity contribution < 1.29 is 29.6 Å². The van der Waals surface area contributed by atoms with Gasteiger partial charge in [-0.2, -0.15) is 0 Å². The second-order valence-corrected chi connectivity index (χ2v) is 2.52. The molecule has 6 heteroatoms. The predicted octanol–water partition coefficient (Wildman–Crippen LogP) is -2.05. The Morgan fingerprint density at radius 3 is 2.08 bits per heavy atom. The number of aliphatic hydroxyl groups excluding tert-OH is 3. The van der Waals surface area contributed by atoms with Crippen LogP contribution in [0.25, 0.3) is 0 Å². The summed E-state index contributed by atoms with van der Waals surface area (Å²) in [5, 5.41) is 34.7. The van der Waals surface area contributed by atoms with E-state index < -0.39 is 30.5 Å². The van der Waals surface area contributed by atoms with Crippen LogP contribution in [0, 0.1) is 0 Å². The highest BCUT2D eigenvalue weighted by Gasteiger charge is 2.41. The highest BCUT2D eigenvalue weighted by atomic mass is 19.2. The van der Waals surface area contributed by atoms with E-state index in [2.05, 4.69) is 0 Å². The Balaban J connectivity index is 4.37. The molecule has 0 fully saturated rings. The van der Waals surface area contributed by atoms with Crippen molar-refractivity contribution in [3.8, 4) is 0 Å². The third-order valence-corrected chi connectivity index (χ3v) is 1.40. The zero-order valence-electron chi connectivity index (χ0n) is 6.38. The van der Waals surface area contributed by atoms with Crippen LogP contribution in [0.2, 0.25) is 0 Å². The zero-order chi connectivity index (χ0) is 9.94. The molecule has 4 N–H and O–H groups in total. The summed E-state index contributed by atoms with van der Waals surface area (Å²) in [4.78, 5) is 9.82. The Hall–Kier alpha value is -0.560. The topological polar surface area (TPSA) is 98.0 Å². The molecule has 0 aromatic carbocycles. The zero-order valence-corrected chi connectivity index (χ0v) is 6.38. The van der Waals surface area contributed by atoms with E-state index in [-0.39, 0.29) is 0 Å². The third-order valence-electron chi connectivity index (χ3n) is 1.40. The number of carbonyl (C=O) groups is 1. The Morgan fingerprint density at radius 1 is 1.42 bits per heavy atom. The molecule has 0 bridgehead atoms. The maximum atomic E-state index is 12.5. The van der Waals surface area contributed by atoms with Crippen LogP contribution in [-0.2, 0) is 4.79 Å². The maximum Gasteiger partial charge on any atom is 0.291 e. The van der Waals surface area contributed by atoms with Gasteiger partial charge in [-0.3, -0.25) is 4.79 Å². The van der Waals surface area contributed by atoms with Gasteiger partial charge in [-0.05, 0) is 6.92 Å². The highest BCUT2D eigenvalue weighted by Crippen LogP contribution is 2.14. The molecule has 0 spiro atoms. The number of aldehydes is 1. The first-order valence-corrected chi connectivity index (χ1v) is 3.24. The standard InChI is InChI=1S/C6H11FO5/c1-3(9)4(10)5(11)6(7,12)2-8/h2-5,9-12H,1H3/t3-,4+,5+,6-/m0/s1. The molecule has 0 saturated carbocycles. The quantitative estimate of drug-likeness (QED) is 0.375. The number of carbonyl (C=O) groups excluding carboxylic acids is 1. The molecule has 5 nitrogen and oxygen atoms in total. The van der Waals surface area contributed by atoms with E-state index in [1.807, 2.05) is 0 Å². The SMILES string of the molecule is C[C@H](O)[C@@H](O)[C@@H](O)[C@](O)(F)C=O. The Kier molecular flexibility index (Phi) is 3.72. The van der Waals surface area contributed by atoms with Crippen LogP contribution in [0.5, 0.6) is 0 Å². The van der Waals surface area contributed by atoms with E-state index in [4.69, 9.17) is 20.4 Å². The molecule has 72 valence electrons. The van der Waals surface area contributed by atoms with Gasteiger partial charge in [0.25, 0.3) is 5.85 Å². The monoisotopic (exact) mass is 182 g/mol. The van der Waals surface area contributed by atoms with Crippen molar-refractivity contribution in [3.63, 3.8) is 0 Å². The Bertz CT molecular complexity index is 158. The molecule has 0 unspecified atom stereocenters. The van der Waals surface area contributed by atoms with Gasteiger partial charge in [-0.25, -0.2) is 4.39 Å². The van der Waals surface area contributed by atoms with Crippen LogP contribution in [-0.4, -0.2) is 50.9 Å². The smallest absolute Gasteiger partial charge is 0.291 e. The largest absolute Gasteiger partial charge is 0.391 e. The minimum absolute atomic E-state index is 0.552. The van der Waals surface area contributed by atoms with E-state index in [1.165, 1.54) is 0 Å². The molecule has 0 amide bonds. The lowest BCUT2D eigenvalue weighted by Crippen LogP contribution is -2.50. The normalized spacial score (nSPS) is 23.8. The number of hydrogen-bond acceptors (Lipinski definition) is 5. The average Bonchev–Trinajstić information content (AvgIpc) is 2.01. The average molecular weight is 182 g/mol. The molecule has 0 aliphatic heterocycles. The summed E-state index contributed by atoms with van der Waals surface area (Å²) in [5.74, 6) is -3.53.